The first-order valence-corrected chi connectivity index (χ1v) is 9.13. The predicted octanol–water partition coefficient (Wildman–Crippen LogP) is 5.62. The molecule has 0 saturated heterocycles. The minimum Gasteiger partial charge on any atom is -0.241 e. The highest BCUT2D eigenvalue weighted by atomic mass is 32.2. The Hall–Kier alpha value is -0.280. The molecule has 0 aliphatic carbocycles. The quantitative estimate of drug-likeness (QED) is 0.605. The minimum absolute atomic E-state index is 0.163. The van der Waals surface area contributed by atoms with Gasteiger partial charge in [0, 0.05) is 10.8 Å². The molecule has 0 radical (unpaired) electrons. The van der Waals surface area contributed by atoms with Gasteiger partial charge >= 0.3 is 0 Å². The van der Waals surface area contributed by atoms with Gasteiger partial charge in [-0.25, -0.2) is 4.98 Å². The molecule has 0 aliphatic rings. The summed E-state index contributed by atoms with van der Waals surface area (Å²) in [5.41, 5.74) is 1.36. The maximum Gasteiger partial charge on any atom is 0.116 e. The summed E-state index contributed by atoms with van der Waals surface area (Å²) < 4.78 is 0. The molecule has 1 aromatic rings. The van der Waals surface area contributed by atoms with Gasteiger partial charge < -0.3 is 0 Å². The third-order valence-corrected chi connectivity index (χ3v) is 4.95. The lowest BCUT2D eigenvalue weighted by atomic mass is 9.93. The van der Waals surface area contributed by atoms with Gasteiger partial charge in [-0.05, 0) is 36.3 Å². The van der Waals surface area contributed by atoms with Gasteiger partial charge in [0.05, 0.1) is 5.69 Å². The average Bonchev–Trinajstić information content (AvgIpc) is 2.75. The monoisotopic (exact) mass is 297 g/mol. The Kier molecular flexibility index (Phi) is 7.16. The van der Waals surface area contributed by atoms with Crippen LogP contribution < -0.4 is 0 Å². The molecule has 19 heavy (non-hydrogen) atoms. The summed E-state index contributed by atoms with van der Waals surface area (Å²) in [6.45, 7) is 11.2. The number of hydrogen-bond donors (Lipinski definition) is 0. The van der Waals surface area contributed by atoms with Crippen molar-refractivity contribution in [1.82, 2.24) is 4.98 Å². The van der Waals surface area contributed by atoms with Crippen LogP contribution in [0.4, 0.5) is 0 Å². The van der Waals surface area contributed by atoms with Crippen molar-refractivity contribution in [3.05, 3.63) is 22.2 Å². The summed E-state index contributed by atoms with van der Waals surface area (Å²) in [6, 6.07) is 0. The second kappa shape index (κ2) is 8.11. The Balaban J connectivity index is 2.24. The topological polar surface area (TPSA) is 12.9 Å². The van der Waals surface area contributed by atoms with Crippen molar-refractivity contribution in [2.24, 2.45) is 5.92 Å². The highest BCUT2D eigenvalue weighted by Crippen LogP contribution is 2.24. The van der Waals surface area contributed by atoms with E-state index < -0.39 is 0 Å². The van der Waals surface area contributed by atoms with Crippen molar-refractivity contribution in [1.29, 1.82) is 0 Å². The van der Waals surface area contributed by atoms with E-state index in [2.05, 4.69) is 68.9 Å². The first kappa shape index (κ1) is 16.8. The lowest BCUT2D eigenvalue weighted by molar-refractivity contribution is 0.573. The fourth-order valence-corrected chi connectivity index (χ4v) is 3.49. The molecule has 1 heterocycles. The summed E-state index contributed by atoms with van der Waals surface area (Å²) in [5.74, 6) is 3.37. The van der Waals surface area contributed by atoms with E-state index in [4.69, 9.17) is 0 Å². The molecular weight excluding hydrogens is 270 g/mol. The number of thioether (sulfide) groups is 1. The zero-order valence-corrected chi connectivity index (χ0v) is 14.5. The van der Waals surface area contributed by atoms with E-state index in [0.717, 1.165) is 17.3 Å². The first-order valence-electron chi connectivity index (χ1n) is 7.10. The van der Waals surface area contributed by atoms with Gasteiger partial charge in [0.15, 0.2) is 0 Å². The number of nitrogens with zero attached hydrogens (tertiary/aromatic N) is 1. The average molecular weight is 298 g/mol. The Morgan fingerprint density at radius 3 is 2.68 bits per heavy atom. The number of thiazole rings is 1. The van der Waals surface area contributed by atoms with Crippen molar-refractivity contribution in [3.8, 4) is 0 Å². The fraction of sp³-hybridized carbons (Fsp3) is 0.688. The largest absolute Gasteiger partial charge is 0.241 e. The second-order valence-electron chi connectivity index (χ2n) is 6.33. The van der Waals surface area contributed by atoms with Crippen LogP contribution >= 0.6 is 23.1 Å². The number of aromatic nitrogens is 1. The molecule has 1 rings (SSSR count). The molecule has 0 amide bonds. The lowest BCUT2D eigenvalue weighted by Crippen LogP contribution is -2.11. The third-order valence-electron chi connectivity index (χ3n) is 2.66. The summed E-state index contributed by atoms with van der Waals surface area (Å²) in [5, 5.41) is 3.32. The Morgan fingerprint density at radius 2 is 2.11 bits per heavy atom. The van der Waals surface area contributed by atoms with Crippen molar-refractivity contribution >= 4 is 29.2 Å². The molecule has 0 aromatic carbocycles. The number of hydrogen-bond acceptors (Lipinski definition) is 3. The summed E-state index contributed by atoms with van der Waals surface area (Å²) in [6.07, 6.45) is 6.87. The standard InChI is InChI=1S/C16H27NS2/c1-13(2)11-18-10-8-6-7-9-15-17-14(12-19-15)16(3,4)5/h7,9,12-13H,6,8,10-11H2,1-5H3/b9-7+. The van der Waals surface area contributed by atoms with Gasteiger partial charge in [0.25, 0.3) is 0 Å². The fourth-order valence-electron chi connectivity index (χ4n) is 1.52. The van der Waals surface area contributed by atoms with Crippen LogP contribution in [0.5, 0.6) is 0 Å². The van der Waals surface area contributed by atoms with E-state index in [1.54, 1.807) is 11.3 Å². The van der Waals surface area contributed by atoms with E-state index in [9.17, 15) is 0 Å². The lowest BCUT2D eigenvalue weighted by Gasteiger charge is -2.13. The van der Waals surface area contributed by atoms with E-state index >= 15 is 0 Å². The van der Waals surface area contributed by atoms with Crippen LogP contribution in [0.25, 0.3) is 6.08 Å². The SMILES string of the molecule is CC(C)CSCCC/C=C/c1nc(C(C)(C)C)cs1. The van der Waals surface area contributed by atoms with E-state index in [0.29, 0.717) is 0 Å². The molecule has 1 aromatic heterocycles. The van der Waals surface area contributed by atoms with Gasteiger partial charge in [-0.3, -0.25) is 0 Å². The van der Waals surface area contributed by atoms with E-state index in [1.165, 1.54) is 23.6 Å². The van der Waals surface area contributed by atoms with Crippen LogP contribution in [0.1, 0.15) is 58.2 Å². The minimum atomic E-state index is 0.163. The molecule has 0 aliphatic heterocycles. The molecule has 3 heteroatoms. The number of rotatable bonds is 7. The van der Waals surface area contributed by atoms with Crippen molar-refractivity contribution in [3.63, 3.8) is 0 Å². The van der Waals surface area contributed by atoms with E-state index in [1.807, 2.05) is 0 Å². The van der Waals surface area contributed by atoms with Crippen LogP contribution in [0, 0.1) is 5.92 Å². The van der Waals surface area contributed by atoms with Gasteiger partial charge in [-0.2, -0.15) is 11.8 Å². The maximum atomic E-state index is 4.67. The molecular formula is C16H27NS2. The Bertz CT molecular complexity index is 386. The maximum absolute atomic E-state index is 4.67. The normalized spacial score (nSPS) is 12.7. The Morgan fingerprint density at radius 1 is 1.37 bits per heavy atom. The van der Waals surface area contributed by atoms with Gasteiger partial charge in [-0.15, -0.1) is 11.3 Å². The van der Waals surface area contributed by atoms with Crippen LogP contribution in [-0.4, -0.2) is 16.5 Å². The molecule has 1 nitrogen and oxygen atoms in total. The molecule has 0 unspecified atom stereocenters. The zero-order valence-electron chi connectivity index (χ0n) is 12.9. The smallest absolute Gasteiger partial charge is 0.116 e. The predicted molar refractivity (Wildman–Crippen MR) is 91.2 cm³/mol. The number of unbranched alkanes of at least 4 members (excludes halogenated alkanes) is 1. The van der Waals surface area contributed by atoms with E-state index in [-0.39, 0.29) is 5.41 Å². The highest BCUT2D eigenvalue weighted by molar-refractivity contribution is 7.99. The van der Waals surface area contributed by atoms with Gasteiger partial charge in [0.2, 0.25) is 0 Å². The first-order chi connectivity index (χ1) is 8.89. The molecule has 0 spiro atoms. The van der Waals surface area contributed by atoms with Crippen LogP contribution in [0.2, 0.25) is 0 Å². The molecule has 108 valence electrons. The number of allylic oxidation sites excluding steroid dienone is 1. The summed E-state index contributed by atoms with van der Waals surface area (Å²) >= 11 is 3.81. The highest BCUT2D eigenvalue weighted by Gasteiger charge is 2.16. The summed E-state index contributed by atoms with van der Waals surface area (Å²) in [4.78, 5) is 4.67. The summed E-state index contributed by atoms with van der Waals surface area (Å²) in [7, 11) is 0. The van der Waals surface area contributed by atoms with Gasteiger partial charge in [-0.1, -0.05) is 40.7 Å². The molecule has 0 bridgehead atoms. The van der Waals surface area contributed by atoms with Crippen LogP contribution in [-0.2, 0) is 5.41 Å². The van der Waals surface area contributed by atoms with Crippen LogP contribution in [0.15, 0.2) is 11.5 Å². The molecule has 0 atom stereocenters. The Labute approximate surface area is 126 Å². The van der Waals surface area contributed by atoms with Crippen molar-refractivity contribution < 1.29 is 0 Å². The van der Waals surface area contributed by atoms with Crippen molar-refractivity contribution in [2.45, 2.75) is 52.9 Å². The molecule has 0 N–H and O–H groups in total. The van der Waals surface area contributed by atoms with Crippen LogP contribution in [0.3, 0.4) is 0 Å². The second-order valence-corrected chi connectivity index (χ2v) is 8.37. The van der Waals surface area contributed by atoms with Crippen molar-refractivity contribution in [2.75, 3.05) is 11.5 Å². The zero-order chi connectivity index (χ0) is 14.3. The van der Waals surface area contributed by atoms with Gasteiger partial charge in [0.1, 0.15) is 5.01 Å². The third kappa shape index (κ3) is 7.17. The molecule has 0 fully saturated rings. The molecule has 0 saturated carbocycles.